The van der Waals surface area contributed by atoms with E-state index < -0.39 is 9.84 Å². The van der Waals surface area contributed by atoms with Crippen LogP contribution in [0.5, 0.6) is 5.75 Å². The molecule has 10 heteroatoms. The Hall–Kier alpha value is -2.43. The molecule has 35 heavy (non-hydrogen) atoms. The highest BCUT2D eigenvalue weighted by Gasteiger charge is 2.38. The summed E-state index contributed by atoms with van der Waals surface area (Å²) in [6.07, 6.45) is 3.89. The number of ether oxygens (including phenoxy) is 2. The van der Waals surface area contributed by atoms with Crippen LogP contribution in [0.25, 0.3) is 0 Å². The fourth-order valence-electron chi connectivity index (χ4n) is 5.81. The molecule has 1 saturated carbocycles. The second kappa shape index (κ2) is 8.90. The van der Waals surface area contributed by atoms with Gasteiger partial charge in [0.1, 0.15) is 29.8 Å². The summed E-state index contributed by atoms with van der Waals surface area (Å²) in [5.41, 5.74) is 4.22. The van der Waals surface area contributed by atoms with E-state index in [0.717, 1.165) is 66.7 Å². The van der Waals surface area contributed by atoms with Gasteiger partial charge >= 0.3 is 0 Å². The largest absolute Gasteiger partial charge is 0.483 e. The SMILES string of the molecule is Cc1cc(C2CC(C3CNCCO3)C2)cc2c1O[C@H](C)c1c(ncnc1N1CCS(=O)(=O)CC1)N2. The lowest BCUT2D eigenvalue weighted by Gasteiger charge is -2.42. The number of morpholine rings is 1. The molecule has 188 valence electrons. The number of hydrogen-bond acceptors (Lipinski definition) is 9. The van der Waals surface area contributed by atoms with E-state index in [9.17, 15) is 8.42 Å². The van der Waals surface area contributed by atoms with Gasteiger partial charge in [0.2, 0.25) is 0 Å². The van der Waals surface area contributed by atoms with E-state index in [1.807, 2.05) is 11.8 Å². The molecule has 3 fully saturated rings. The number of anilines is 3. The molecule has 1 unspecified atom stereocenters. The van der Waals surface area contributed by atoms with Crippen molar-refractivity contribution in [1.82, 2.24) is 15.3 Å². The molecule has 2 aromatic rings. The van der Waals surface area contributed by atoms with Gasteiger partial charge in [-0.25, -0.2) is 18.4 Å². The summed E-state index contributed by atoms with van der Waals surface area (Å²) >= 11 is 0. The molecule has 1 aliphatic carbocycles. The predicted octanol–water partition coefficient (Wildman–Crippen LogP) is 2.70. The molecular formula is C25H33N5O4S. The van der Waals surface area contributed by atoms with Crippen LogP contribution in [0.1, 0.15) is 48.5 Å². The number of rotatable bonds is 3. The molecule has 1 aromatic heterocycles. The number of nitrogens with zero attached hydrogens (tertiary/aromatic N) is 3. The number of benzene rings is 1. The third-order valence-corrected chi connectivity index (χ3v) is 9.50. The highest BCUT2D eigenvalue weighted by molar-refractivity contribution is 7.91. The van der Waals surface area contributed by atoms with Gasteiger partial charge in [-0.1, -0.05) is 6.07 Å². The van der Waals surface area contributed by atoms with E-state index in [1.54, 1.807) is 6.33 Å². The fourth-order valence-corrected chi connectivity index (χ4v) is 7.01. The lowest BCUT2D eigenvalue weighted by molar-refractivity contribution is -0.0378. The molecule has 6 rings (SSSR count). The monoisotopic (exact) mass is 499 g/mol. The number of sulfone groups is 1. The standard InChI is InChI=1S/C25H33N5O4S/c1-15-9-17(18-10-19(11-18)21-13-26-3-6-33-21)12-20-23(15)34-16(2)22-24(29-20)27-14-28-25(22)30-4-7-35(31,32)8-5-30/h9,12,14,16,18-19,21,26H,3-8,10-11,13H2,1-2H3,(H,27,28,29)/t16-,18?,19?,21?/m1/s1. The summed E-state index contributed by atoms with van der Waals surface area (Å²) in [5.74, 6) is 3.72. The van der Waals surface area contributed by atoms with Gasteiger partial charge in [0.25, 0.3) is 0 Å². The Morgan fingerprint density at radius 3 is 2.69 bits per heavy atom. The van der Waals surface area contributed by atoms with Crippen LogP contribution in [0, 0.1) is 12.8 Å². The summed E-state index contributed by atoms with van der Waals surface area (Å²) in [4.78, 5) is 11.1. The molecule has 0 bridgehead atoms. The maximum atomic E-state index is 11.9. The van der Waals surface area contributed by atoms with Gasteiger partial charge < -0.3 is 25.0 Å². The van der Waals surface area contributed by atoms with Gasteiger partial charge in [-0.3, -0.25) is 0 Å². The minimum atomic E-state index is -2.98. The second-order valence-electron chi connectivity index (χ2n) is 10.2. The number of fused-ring (bicyclic) bond motifs is 2. The van der Waals surface area contributed by atoms with Gasteiger partial charge in [0.05, 0.1) is 35.5 Å². The Morgan fingerprint density at radius 2 is 1.94 bits per heavy atom. The molecule has 4 aliphatic rings. The Labute approximate surface area is 206 Å². The number of aromatic nitrogens is 2. The molecule has 0 radical (unpaired) electrons. The lowest BCUT2D eigenvalue weighted by Crippen LogP contribution is -2.46. The Morgan fingerprint density at radius 1 is 1.14 bits per heavy atom. The average molecular weight is 500 g/mol. The van der Waals surface area contributed by atoms with Crippen molar-refractivity contribution in [1.29, 1.82) is 0 Å². The quantitative estimate of drug-likeness (QED) is 0.659. The van der Waals surface area contributed by atoms with Crippen molar-refractivity contribution in [2.45, 2.75) is 44.8 Å². The van der Waals surface area contributed by atoms with Gasteiger partial charge in [-0.05, 0) is 55.7 Å². The normalized spacial score (nSPS) is 29.6. The smallest absolute Gasteiger partial charge is 0.153 e. The van der Waals surface area contributed by atoms with E-state index in [2.05, 4.69) is 39.7 Å². The molecule has 2 saturated heterocycles. The zero-order valence-electron chi connectivity index (χ0n) is 20.3. The van der Waals surface area contributed by atoms with E-state index in [4.69, 9.17) is 9.47 Å². The first kappa shape index (κ1) is 23.0. The fraction of sp³-hybridized carbons (Fsp3) is 0.600. The van der Waals surface area contributed by atoms with E-state index >= 15 is 0 Å². The molecule has 4 heterocycles. The highest BCUT2D eigenvalue weighted by atomic mass is 32.2. The van der Waals surface area contributed by atoms with Crippen LogP contribution in [0.4, 0.5) is 17.3 Å². The Bertz CT molecular complexity index is 1210. The average Bonchev–Trinajstić information content (AvgIpc) is 2.95. The van der Waals surface area contributed by atoms with E-state index in [-0.39, 0.29) is 17.6 Å². The zero-order chi connectivity index (χ0) is 24.2. The van der Waals surface area contributed by atoms with Crippen LogP contribution in [-0.2, 0) is 14.6 Å². The van der Waals surface area contributed by atoms with Crippen molar-refractivity contribution in [3.63, 3.8) is 0 Å². The number of aryl methyl sites for hydroxylation is 1. The molecule has 2 atom stereocenters. The van der Waals surface area contributed by atoms with Gasteiger partial charge in [-0.2, -0.15) is 0 Å². The molecule has 1 aromatic carbocycles. The van der Waals surface area contributed by atoms with E-state index in [1.165, 1.54) is 5.56 Å². The van der Waals surface area contributed by atoms with Crippen molar-refractivity contribution < 1.29 is 17.9 Å². The summed E-state index contributed by atoms with van der Waals surface area (Å²) in [6, 6.07) is 4.46. The molecule has 0 amide bonds. The first-order valence-electron chi connectivity index (χ1n) is 12.6. The van der Waals surface area contributed by atoms with Crippen LogP contribution in [0.15, 0.2) is 18.5 Å². The Kier molecular flexibility index (Phi) is 5.85. The second-order valence-corrected chi connectivity index (χ2v) is 12.5. The minimum Gasteiger partial charge on any atom is -0.483 e. The Balaban J connectivity index is 1.25. The number of hydrogen-bond donors (Lipinski definition) is 2. The maximum absolute atomic E-state index is 11.9. The summed E-state index contributed by atoms with van der Waals surface area (Å²) in [7, 11) is -2.98. The topological polar surface area (TPSA) is 106 Å². The molecule has 3 aliphatic heterocycles. The van der Waals surface area contributed by atoms with Crippen LogP contribution in [-0.4, -0.2) is 68.8 Å². The first-order valence-corrected chi connectivity index (χ1v) is 14.4. The van der Waals surface area contributed by atoms with Crippen LogP contribution < -0.4 is 20.3 Å². The van der Waals surface area contributed by atoms with Gasteiger partial charge in [-0.15, -0.1) is 0 Å². The van der Waals surface area contributed by atoms with Crippen LogP contribution in [0.2, 0.25) is 0 Å². The van der Waals surface area contributed by atoms with Crippen molar-refractivity contribution in [3.05, 3.63) is 35.2 Å². The van der Waals surface area contributed by atoms with Gasteiger partial charge in [0.15, 0.2) is 9.84 Å². The van der Waals surface area contributed by atoms with Crippen molar-refractivity contribution >= 4 is 27.2 Å². The van der Waals surface area contributed by atoms with Crippen molar-refractivity contribution in [3.8, 4) is 5.75 Å². The predicted molar refractivity (Wildman–Crippen MR) is 134 cm³/mol. The number of nitrogens with one attached hydrogen (secondary N) is 2. The molecule has 2 N–H and O–H groups in total. The van der Waals surface area contributed by atoms with Crippen molar-refractivity contribution in [2.75, 3.05) is 54.5 Å². The molecule has 0 spiro atoms. The highest BCUT2D eigenvalue weighted by Crippen LogP contribution is 2.48. The third kappa shape index (κ3) is 4.36. The van der Waals surface area contributed by atoms with E-state index in [0.29, 0.717) is 31.0 Å². The minimum absolute atomic E-state index is 0.140. The maximum Gasteiger partial charge on any atom is 0.153 e. The lowest BCUT2D eigenvalue weighted by atomic mass is 9.68. The van der Waals surface area contributed by atoms with Crippen LogP contribution in [0.3, 0.4) is 0 Å². The van der Waals surface area contributed by atoms with Gasteiger partial charge in [0, 0.05) is 26.2 Å². The zero-order valence-corrected chi connectivity index (χ0v) is 21.1. The summed E-state index contributed by atoms with van der Waals surface area (Å²) in [6.45, 7) is 7.67. The van der Waals surface area contributed by atoms with Crippen LogP contribution >= 0.6 is 0 Å². The molecular weight excluding hydrogens is 466 g/mol. The summed E-state index contributed by atoms with van der Waals surface area (Å²) in [5, 5.41) is 6.98. The summed E-state index contributed by atoms with van der Waals surface area (Å²) < 4.78 is 36.3. The first-order chi connectivity index (χ1) is 16.9. The molecule has 9 nitrogen and oxygen atoms in total. The third-order valence-electron chi connectivity index (χ3n) is 7.89. The van der Waals surface area contributed by atoms with Crippen molar-refractivity contribution in [2.24, 2.45) is 5.92 Å².